The summed E-state index contributed by atoms with van der Waals surface area (Å²) in [5, 5.41) is 8.07. The van der Waals surface area contributed by atoms with Gasteiger partial charge in [0, 0.05) is 32.6 Å². The fourth-order valence-electron chi connectivity index (χ4n) is 4.83. The van der Waals surface area contributed by atoms with Crippen molar-refractivity contribution in [3.05, 3.63) is 0 Å². The van der Waals surface area contributed by atoms with E-state index < -0.39 is 16.6 Å². The van der Waals surface area contributed by atoms with Gasteiger partial charge in [-0.15, -0.1) is 0 Å². The Morgan fingerprint density at radius 1 is 0.917 bits per heavy atom. The Balaban J connectivity index is 2.88. The van der Waals surface area contributed by atoms with Crippen LogP contribution in [0.3, 0.4) is 0 Å². The van der Waals surface area contributed by atoms with E-state index in [1.54, 1.807) is 0 Å². The highest BCUT2D eigenvalue weighted by atomic mass is 28.4. The molecular weight excluding hydrogens is 481 g/mol. The number of hydrogen-bond donors (Lipinski definition) is 0. The van der Waals surface area contributed by atoms with Crippen molar-refractivity contribution in [3.8, 4) is 0 Å². The van der Waals surface area contributed by atoms with Gasteiger partial charge in [0.05, 0.1) is 12.6 Å². The van der Waals surface area contributed by atoms with Gasteiger partial charge in [0.1, 0.15) is 0 Å². The molecule has 0 aromatic heterocycles. The van der Waals surface area contributed by atoms with Gasteiger partial charge < -0.3 is 13.6 Å². The van der Waals surface area contributed by atoms with Crippen LogP contribution < -0.4 is 0 Å². The Labute approximate surface area is 227 Å². The van der Waals surface area contributed by atoms with Crippen LogP contribution in [0.15, 0.2) is 5.10 Å². The van der Waals surface area contributed by atoms with Crippen molar-refractivity contribution in [3.63, 3.8) is 0 Å². The van der Waals surface area contributed by atoms with Gasteiger partial charge in [0.15, 0.2) is 16.6 Å². The minimum atomic E-state index is -1.66. The summed E-state index contributed by atoms with van der Waals surface area (Å²) in [6, 6.07) is 0.424. The molecule has 0 N–H and O–H groups in total. The van der Waals surface area contributed by atoms with Crippen LogP contribution in [-0.2, 0) is 13.6 Å². The first-order valence-electron chi connectivity index (χ1n) is 14.9. The SMILES string of the molecule is CC[C@@H](CCCCO[Si](C)(C)C(C)(C)C)C(=NN1CCC[C@H]1COC)[C@@H](CC)CCCO[Si](C)(C)C. The number of methoxy groups -OCH3 is 1. The summed E-state index contributed by atoms with van der Waals surface area (Å²) in [6.07, 6.45) is 10.6. The quantitative estimate of drug-likeness (QED) is 0.0992. The molecule has 1 rings (SSSR count). The summed E-state index contributed by atoms with van der Waals surface area (Å²) in [7, 11) is -1.30. The lowest BCUT2D eigenvalue weighted by atomic mass is 9.83. The summed E-state index contributed by atoms with van der Waals surface area (Å²) in [4.78, 5) is 0. The maximum Gasteiger partial charge on any atom is 0.191 e. The zero-order valence-corrected chi connectivity index (χ0v) is 28.0. The highest BCUT2D eigenvalue weighted by Gasteiger charge is 2.37. The van der Waals surface area contributed by atoms with Crippen molar-refractivity contribution in [2.24, 2.45) is 16.9 Å². The van der Waals surface area contributed by atoms with Gasteiger partial charge in [-0.2, -0.15) is 5.10 Å². The lowest BCUT2D eigenvalue weighted by molar-refractivity contribution is 0.117. The number of rotatable bonds is 18. The van der Waals surface area contributed by atoms with Gasteiger partial charge in [-0.1, -0.05) is 41.0 Å². The second-order valence-corrected chi connectivity index (χ2v) is 22.7. The molecule has 0 aromatic carbocycles. The molecule has 214 valence electrons. The molecule has 1 saturated heterocycles. The highest BCUT2D eigenvalue weighted by Crippen LogP contribution is 2.36. The van der Waals surface area contributed by atoms with Crippen molar-refractivity contribution in [1.29, 1.82) is 0 Å². The first-order chi connectivity index (χ1) is 16.8. The third kappa shape index (κ3) is 12.1. The average Bonchev–Trinajstić information content (AvgIpc) is 3.21. The Kier molecular flexibility index (Phi) is 15.0. The molecule has 1 aliphatic rings. The van der Waals surface area contributed by atoms with Crippen molar-refractivity contribution in [1.82, 2.24) is 5.01 Å². The number of unbranched alkanes of at least 4 members (excludes halogenated alkanes) is 1. The molecule has 1 aliphatic heterocycles. The van der Waals surface area contributed by atoms with E-state index in [0.29, 0.717) is 17.9 Å². The number of hydrogen-bond acceptors (Lipinski definition) is 5. The van der Waals surface area contributed by atoms with Crippen LogP contribution in [0.4, 0.5) is 0 Å². The van der Waals surface area contributed by atoms with E-state index in [0.717, 1.165) is 52.0 Å². The molecule has 1 fully saturated rings. The van der Waals surface area contributed by atoms with Crippen LogP contribution in [-0.4, -0.2) is 66.9 Å². The van der Waals surface area contributed by atoms with Gasteiger partial charge in [-0.25, -0.2) is 0 Å². The van der Waals surface area contributed by atoms with Gasteiger partial charge in [-0.05, 0) is 101 Å². The van der Waals surface area contributed by atoms with Crippen molar-refractivity contribution >= 4 is 22.3 Å². The van der Waals surface area contributed by atoms with Crippen LogP contribution in [0.2, 0.25) is 37.8 Å². The maximum absolute atomic E-state index is 6.46. The fourth-order valence-corrected chi connectivity index (χ4v) is 6.67. The van der Waals surface area contributed by atoms with Crippen molar-refractivity contribution in [2.45, 2.75) is 136 Å². The molecule has 3 atom stereocenters. The minimum absolute atomic E-state index is 0.279. The lowest BCUT2D eigenvalue weighted by Crippen LogP contribution is -2.41. The number of hydrazone groups is 1. The summed E-state index contributed by atoms with van der Waals surface area (Å²) < 4.78 is 18.2. The Morgan fingerprint density at radius 3 is 2.03 bits per heavy atom. The molecule has 0 spiro atoms. The van der Waals surface area contributed by atoms with Crippen molar-refractivity contribution < 1.29 is 13.6 Å². The van der Waals surface area contributed by atoms with E-state index >= 15 is 0 Å². The monoisotopic (exact) mass is 542 g/mol. The predicted molar refractivity (Wildman–Crippen MR) is 162 cm³/mol. The molecule has 1 heterocycles. The summed E-state index contributed by atoms with van der Waals surface area (Å²) in [5.74, 6) is 1.08. The van der Waals surface area contributed by atoms with E-state index in [4.69, 9.17) is 18.7 Å². The lowest BCUT2D eigenvalue weighted by Gasteiger charge is -2.36. The Hall–Kier alpha value is -0.216. The van der Waals surface area contributed by atoms with Crippen LogP contribution >= 0.6 is 0 Å². The third-order valence-corrected chi connectivity index (χ3v) is 13.8. The largest absolute Gasteiger partial charge is 0.418 e. The summed E-state index contributed by atoms with van der Waals surface area (Å²) >= 11 is 0. The standard InChI is InChI=1S/C29H62N2O3Si2/c1-12-25(18-14-15-22-34-36(10,11)29(3,4)5)28(30-31-21-16-20-27(31)24-32-6)26(13-2)19-17-23-33-35(7,8)9/h25-27H,12-24H2,1-11H3/t25-,26-,27-/m0/s1. The molecule has 0 bridgehead atoms. The van der Waals surface area contributed by atoms with E-state index in [1.807, 2.05) is 7.11 Å². The Morgan fingerprint density at radius 2 is 1.50 bits per heavy atom. The molecule has 5 nitrogen and oxygen atoms in total. The number of nitrogens with zero attached hydrogens (tertiary/aromatic N) is 2. The first-order valence-corrected chi connectivity index (χ1v) is 21.2. The molecule has 7 heteroatoms. The Bertz CT molecular complexity index is 629. The van der Waals surface area contributed by atoms with Crippen LogP contribution in [0.1, 0.15) is 92.4 Å². The van der Waals surface area contributed by atoms with Crippen LogP contribution in [0.5, 0.6) is 0 Å². The molecule has 36 heavy (non-hydrogen) atoms. The van der Waals surface area contributed by atoms with E-state index in [-0.39, 0.29) is 5.04 Å². The zero-order chi connectivity index (χ0) is 27.4. The van der Waals surface area contributed by atoms with Crippen molar-refractivity contribution in [2.75, 3.05) is 33.5 Å². The maximum atomic E-state index is 6.46. The molecule has 0 radical (unpaired) electrons. The smallest absolute Gasteiger partial charge is 0.191 e. The van der Waals surface area contributed by atoms with E-state index in [1.165, 1.54) is 37.8 Å². The second-order valence-electron chi connectivity index (χ2n) is 13.4. The summed E-state index contributed by atoms with van der Waals surface area (Å²) in [5.41, 5.74) is 1.45. The number of ether oxygens (including phenoxy) is 1. The van der Waals surface area contributed by atoms with Gasteiger partial charge in [0.2, 0.25) is 0 Å². The van der Waals surface area contributed by atoms with Gasteiger partial charge >= 0.3 is 0 Å². The molecule has 0 saturated carbocycles. The van der Waals surface area contributed by atoms with Gasteiger partial charge in [0.25, 0.3) is 0 Å². The average molecular weight is 543 g/mol. The normalized spacial score (nSPS) is 19.7. The first kappa shape index (κ1) is 33.8. The molecule has 0 unspecified atom stereocenters. The second kappa shape index (κ2) is 16.0. The highest BCUT2D eigenvalue weighted by molar-refractivity contribution is 6.74. The van der Waals surface area contributed by atoms with Gasteiger partial charge in [-0.3, -0.25) is 5.01 Å². The molecular formula is C29H62N2O3Si2. The molecule has 0 aliphatic carbocycles. The zero-order valence-electron chi connectivity index (χ0n) is 26.0. The van der Waals surface area contributed by atoms with Crippen LogP contribution in [0, 0.1) is 11.8 Å². The molecule has 0 aromatic rings. The van der Waals surface area contributed by atoms with Crippen LogP contribution in [0.25, 0.3) is 0 Å². The third-order valence-electron chi connectivity index (χ3n) is 8.22. The minimum Gasteiger partial charge on any atom is -0.418 e. The topological polar surface area (TPSA) is 43.3 Å². The fraction of sp³-hybridized carbons (Fsp3) is 0.966. The molecule has 0 amide bonds. The van der Waals surface area contributed by atoms with E-state index in [2.05, 4.69) is 72.4 Å². The van der Waals surface area contributed by atoms with E-state index in [9.17, 15) is 0 Å². The predicted octanol–water partition coefficient (Wildman–Crippen LogP) is 8.33. The summed E-state index contributed by atoms with van der Waals surface area (Å²) in [6.45, 7) is 26.8.